The van der Waals surface area contributed by atoms with Gasteiger partial charge in [-0.1, -0.05) is 13.8 Å². The molecular weight excluding hydrogens is 276 g/mol. The zero-order valence-corrected chi connectivity index (χ0v) is 12.7. The standard InChI is InChI=1S/C14H22N2O3S/c1-3-20(18,19)13-8-6-12(7-9-13)16-14(17)11(2)5-4-10-15/h6-9,11H,3-5,10,15H2,1-2H3,(H,16,17). The van der Waals surface area contributed by atoms with E-state index >= 15 is 0 Å². The molecular formula is C14H22N2O3S. The third-order valence-corrected chi connectivity index (χ3v) is 4.90. The molecule has 0 aliphatic carbocycles. The van der Waals surface area contributed by atoms with Gasteiger partial charge in [0.1, 0.15) is 0 Å². The lowest BCUT2D eigenvalue weighted by atomic mass is 10.0. The van der Waals surface area contributed by atoms with E-state index in [-0.39, 0.29) is 22.5 Å². The van der Waals surface area contributed by atoms with Crippen molar-refractivity contribution in [2.75, 3.05) is 17.6 Å². The molecule has 0 bridgehead atoms. The molecule has 1 rings (SSSR count). The predicted octanol–water partition coefficient (Wildman–Crippen LogP) is 1.79. The van der Waals surface area contributed by atoms with Gasteiger partial charge in [-0.25, -0.2) is 8.42 Å². The van der Waals surface area contributed by atoms with Crippen molar-refractivity contribution in [3.8, 4) is 0 Å². The number of sulfone groups is 1. The summed E-state index contributed by atoms with van der Waals surface area (Å²) in [5.74, 6) is -0.128. The molecule has 0 aromatic heterocycles. The molecule has 5 nitrogen and oxygen atoms in total. The number of nitrogens with one attached hydrogen (secondary N) is 1. The lowest BCUT2D eigenvalue weighted by Gasteiger charge is -2.12. The van der Waals surface area contributed by atoms with Crippen molar-refractivity contribution in [1.29, 1.82) is 0 Å². The van der Waals surface area contributed by atoms with Gasteiger partial charge in [0.25, 0.3) is 0 Å². The van der Waals surface area contributed by atoms with Crippen molar-refractivity contribution in [3.63, 3.8) is 0 Å². The number of carbonyl (C=O) groups excluding carboxylic acids is 1. The summed E-state index contributed by atoms with van der Waals surface area (Å²) in [4.78, 5) is 12.2. The van der Waals surface area contributed by atoms with Gasteiger partial charge < -0.3 is 11.1 Å². The van der Waals surface area contributed by atoms with Crippen LogP contribution in [0.25, 0.3) is 0 Å². The summed E-state index contributed by atoms with van der Waals surface area (Å²) in [6, 6.07) is 6.24. The Labute approximate surface area is 120 Å². The molecule has 1 aromatic rings. The van der Waals surface area contributed by atoms with Gasteiger partial charge in [-0.05, 0) is 43.7 Å². The van der Waals surface area contributed by atoms with Crippen LogP contribution in [0.15, 0.2) is 29.2 Å². The Morgan fingerprint density at radius 3 is 2.40 bits per heavy atom. The van der Waals surface area contributed by atoms with E-state index < -0.39 is 9.84 Å². The molecule has 0 aliphatic rings. The van der Waals surface area contributed by atoms with E-state index in [9.17, 15) is 13.2 Å². The van der Waals surface area contributed by atoms with Gasteiger partial charge >= 0.3 is 0 Å². The van der Waals surface area contributed by atoms with Crippen LogP contribution in [-0.2, 0) is 14.6 Å². The average Bonchev–Trinajstić information content (AvgIpc) is 2.45. The second-order valence-corrected chi connectivity index (χ2v) is 7.03. The van der Waals surface area contributed by atoms with Gasteiger partial charge in [0.05, 0.1) is 10.6 Å². The zero-order valence-electron chi connectivity index (χ0n) is 11.9. The fourth-order valence-corrected chi connectivity index (χ4v) is 2.62. The van der Waals surface area contributed by atoms with Gasteiger partial charge in [0, 0.05) is 11.6 Å². The molecule has 0 fully saturated rings. The Balaban J connectivity index is 2.68. The SMILES string of the molecule is CCS(=O)(=O)c1ccc(NC(=O)C(C)CCCN)cc1. The van der Waals surface area contributed by atoms with Crippen molar-refractivity contribution >= 4 is 21.4 Å². The first-order chi connectivity index (χ1) is 9.40. The Morgan fingerprint density at radius 2 is 1.90 bits per heavy atom. The van der Waals surface area contributed by atoms with Crippen LogP contribution in [0.5, 0.6) is 0 Å². The number of anilines is 1. The van der Waals surface area contributed by atoms with Gasteiger partial charge in [-0.2, -0.15) is 0 Å². The summed E-state index contributed by atoms with van der Waals surface area (Å²) < 4.78 is 23.3. The largest absolute Gasteiger partial charge is 0.330 e. The predicted molar refractivity (Wildman–Crippen MR) is 80.3 cm³/mol. The number of amides is 1. The Kier molecular flexibility index (Phi) is 6.16. The molecule has 0 heterocycles. The van der Waals surface area contributed by atoms with Crippen LogP contribution in [-0.4, -0.2) is 26.6 Å². The molecule has 0 saturated heterocycles. The highest BCUT2D eigenvalue weighted by atomic mass is 32.2. The summed E-state index contributed by atoms with van der Waals surface area (Å²) in [5, 5.41) is 2.77. The molecule has 0 aliphatic heterocycles. The molecule has 1 unspecified atom stereocenters. The molecule has 3 N–H and O–H groups in total. The number of rotatable bonds is 7. The molecule has 0 radical (unpaired) electrons. The van der Waals surface area contributed by atoms with E-state index in [2.05, 4.69) is 5.32 Å². The summed E-state index contributed by atoms with van der Waals surface area (Å²) in [6.45, 7) is 4.02. The van der Waals surface area contributed by atoms with Gasteiger partial charge in [0.15, 0.2) is 9.84 Å². The number of hydrogen-bond acceptors (Lipinski definition) is 4. The molecule has 1 aromatic carbocycles. The van der Waals surface area contributed by atoms with Crippen molar-refractivity contribution in [3.05, 3.63) is 24.3 Å². The van der Waals surface area contributed by atoms with E-state index in [1.807, 2.05) is 6.92 Å². The molecule has 0 saturated carbocycles. The maximum atomic E-state index is 11.9. The summed E-state index contributed by atoms with van der Waals surface area (Å²) in [6.07, 6.45) is 1.55. The number of hydrogen-bond donors (Lipinski definition) is 2. The second-order valence-electron chi connectivity index (χ2n) is 4.75. The molecule has 20 heavy (non-hydrogen) atoms. The van der Waals surface area contributed by atoms with Gasteiger partial charge in [0.2, 0.25) is 5.91 Å². The highest BCUT2D eigenvalue weighted by Crippen LogP contribution is 2.16. The Bertz CT molecular complexity index is 538. The van der Waals surface area contributed by atoms with Crippen molar-refractivity contribution in [2.24, 2.45) is 11.7 Å². The molecule has 112 valence electrons. The highest BCUT2D eigenvalue weighted by molar-refractivity contribution is 7.91. The van der Waals surface area contributed by atoms with Crippen LogP contribution in [0.4, 0.5) is 5.69 Å². The maximum absolute atomic E-state index is 11.9. The van der Waals surface area contributed by atoms with E-state index in [4.69, 9.17) is 5.73 Å². The number of benzene rings is 1. The minimum absolute atomic E-state index is 0.0643. The Morgan fingerprint density at radius 1 is 1.30 bits per heavy atom. The van der Waals surface area contributed by atoms with Crippen molar-refractivity contribution < 1.29 is 13.2 Å². The lowest BCUT2D eigenvalue weighted by molar-refractivity contribution is -0.119. The molecule has 6 heteroatoms. The van der Waals surface area contributed by atoms with Crippen LogP contribution in [0.2, 0.25) is 0 Å². The lowest BCUT2D eigenvalue weighted by Crippen LogP contribution is -2.21. The third kappa shape index (κ3) is 4.61. The first-order valence-electron chi connectivity index (χ1n) is 6.74. The maximum Gasteiger partial charge on any atom is 0.227 e. The van der Waals surface area contributed by atoms with E-state index in [0.29, 0.717) is 12.2 Å². The van der Waals surface area contributed by atoms with E-state index in [1.54, 1.807) is 19.1 Å². The summed E-state index contributed by atoms with van der Waals surface area (Å²) in [5.41, 5.74) is 6.01. The highest BCUT2D eigenvalue weighted by Gasteiger charge is 2.14. The monoisotopic (exact) mass is 298 g/mol. The third-order valence-electron chi connectivity index (χ3n) is 3.15. The Hall–Kier alpha value is -1.40. The fourth-order valence-electron chi connectivity index (χ4n) is 1.73. The van der Waals surface area contributed by atoms with Crippen molar-refractivity contribution in [1.82, 2.24) is 0 Å². The van der Waals surface area contributed by atoms with Crippen LogP contribution in [0.1, 0.15) is 26.7 Å². The molecule has 1 atom stereocenters. The fraction of sp³-hybridized carbons (Fsp3) is 0.500. The van der Waals surface area contributed by atoms with Crippen molar-refractivity contribution in [2.45, 2.75) is 31.6 Å². The van der Waals surface area contributed by atoms with Crippen LogP contribution in [0.3, 0.4) is 0 Å². The topological polar surface area (TPSA) is 89.3 Å². The first kappa shape index (κ1) is 16.7. The van der Waals surface area contributed by atoms with Crippen LogP contribution in [0, 0.1) is 5.92 Å². The summed E-state index contributed by atoms with van der Waals surface area (Å²) >= 11 is 0. The zero-order chi connectivity index (χ0) is 15.2. The first-order valence-corrected chi connectivity index (χ1v) is 8.39. The van der Waals surface area contributed by atoms with Gasteiger partial charge in [-0.15, -0.1) is 0 Å². The molecule has 0 spiro atoms. The molecule has 1 amide bonds. The van der Waals surface area contributed by atoms with E-state index in [1.165, 1.54) is 12.1 Å². The average molecular weight is 298 g/mol. The summed E-state index contributed by atoms with van der Waals surface area (Å²) in [7, 11) is -3.20. The normalized spacial score (nSPS) is 12.9. The minimum Gasteiger partial charge on any atom is -0.330 e. The minimum atomic E-state index is -3.20. The van der Waals surface area contributed by atoms with E-state index in [0.717, 1.165) is 12.8 Å². The number of nitrogens with two attached hydrogens (primary N) is 1. The van der Waals surface area contributed by atoms with Gasteiger partial charge in [-0.3, -0.25) is 4.79 Å². The quantitative estimate of drug-likeness (QED) is 0.803. The van der Waals surface area contributed by atoms with Crippen LogP contribution >= 0.6 is 0 Å². The smallest absolute Gasteiger partial charge is 0.227 e. The number of carbonyl (C=O) groups is 1. The van der Waals surface area contributed by atoms with Crippen LogP contribution < -0.4 is 11.1 Å². The second kappa shape index (κ2) is 7.40.